The van der Waals surface area contributed by atoms with Crippen LogP contribution in [-0.4, -0.2) is 72.0 Å². The summed E-state index contributed by atoms with van der Waals surface area (Å²) in [5, 5.41) is 12.3. The Hall–Kier alpha value is -2.67. The van der Waals surface area contributed by atoms with E-state index in [-0.39, 0.29) is 23.3 Å². The molecule has 0 saturated heterocycles. The predicted molar refractivity (Wildman–Crippen MR) is 137 cm³/mol. The van der Waals surface area contributed by atoms with Crippen molar-refractivity contribution in [2.45, 2.75) is 73.0 Å². The van der Waals surface area contributed by atoms with Gasteiger partial charge in [-0.15, -0.1) is 0 Å². The molecule has 0 aliphatic heterocycles. The molecular weight excluding hydrogens is 430 g/mol. The maximum absolute atomic E-state index is 13.6. The minimum Gasteiger partial charge on any atom is -0.478 e. The van der Waals surface area contributed by atoms with Gasteiger partial charge in [-0.25, -0.2) is 4.79 Å². The molecule has 1 aromatic rings. The SMILES string of the molecule is C/C(=C\[C@H](C(C)C)N(C)C(=O)[C@@H](NC(=O)[C@H](Cc1ccccc1C)N(C)C)C(C)(C)C)C(=O)O. The van der Waals surface area contributed by atoms with Gasteiger partial charge in [-0.1, -0.05) is 65.0 Å². The predicted octanol–water partition coefficient (Wildman–Crippen LogP) is 3.51. The first-order valence-corrected chi connectivity index (χ1v) is 11.8. The van der Waals surface area contributed by atoms with E-state index in [0.29, 0.717) is 6.42 Å². The topological polar surface area (TPSA) is 90.0 Å². The van der Waals surface area contributed by atoms with Crippen molar-refractivity contribution in [1.82, 2.24) is 15.1 Å². The molecule has 7 heteroatoms. The van der Waals surface area contributed by atoms with Crippen molar-refractivity contribution in [3.8, 4) is 0 Å². The zero-order valence-corrected chi connectivity index (χ0v) is 22.5. The van der Waals surface area contributed by atoms with E-state index >= 15 is 0 Å². The van der Waals surface area contributed by atoms with E-state index in [2.05, 4.69) is 5.32 Å². The number of rotatable bonds is 10. The lowest BCUT2D eigenvalue weighted by Crippen LogP contribution is -2.59. The summed E-state index contributed by atoms with van der Waals surface area (Å²) in [6.07, 6.45) is 2.13. The van der Waals surface area contributed by atoms with E-state index in [9.17, 15) is 19.5 Å². The number of nitrogens with zero attached hydrogens (tertiary/aromatic N) is 2. The average Bonchev–Trinajstić information content (AvgIpc) is 2.72. The number of carbonyl (C=O) groups is 3. The van der Waals surface area contributed by atoms with Crippen LogP contribution < -0.4 is 5.32 Å². The molecule has 2 amide bonds. The first-order valence-electron chi connectivity index (χ1n) is 11.8. The normalized spacial score (nSPS) is 15.1. The molecule has 7 nitrogen and oxygen atoms in total. The van der Waals surface area contributed by atoms with Gasteiger partial charge in [0.25, 0.3) is 0 Å². The summed E-state index contributed by atoms with van der Waals surface area (Å²) in [5.41, 5.74) is 1.83. The summed E-state index contributed by atoms with van der Waals surface area (Å²) < 4.78 is 0. The van der Waals surface area contributed by atoms with Crippen LogP contribution in [0.3, 0.4) is 0 Å². The van der Waals surface area contributed by atoms with Gasteiger partial charge in [0.1, 0.15) is 6.04 Å². The molecular formula is C27H43N3O4. The van der Waals surface area contributed by atoms with Crippen molar-refractivity contribution in [3.63, 3.8) is 0 Å². The summed E-state index contributed by atoms with van der Waals surface area (Å²) >= 11 is 0. The molecule has 0 radical (unpaired) electrons. The molecule has 34 heavy (non-hydrogen) atoms. The van der Waals surface area contributed by atoms with Crippen LogP contribution in [0.5, 0.6) is 0 Å². The quantitative estimate of drug-likeness (QED) is 0.508. The van der Waals surface area contributed by atoms with Crippen molar-refractivity contribution in [2.75, 3.05) is 21.1 Å². The second-order valence-electron chi connectivity index (χ2n) is 10.8. The van der Waals surface area contributed by atoms with Gasteiger partial charge in [0.05, 0.1) is 12.1 Å². The van der Waals surface area contributed by atoms with Crippen molar-refractivity contribution in [2.24, 2.45) is 11.3 Å². The standard InChI is InChI=1S/C27H43N3O4/c1-17(2)21(15-19(4)26(33)34)30(10)25(32)23(27(5,6)7)28-24(31)22(29(8)9)16-20-14-12-11-13-18(20)3/h11-15,17,21-23H,16H2,1-10H3,(H,28,31)(H,33,34)/b19-15+/t21-,22+,23-/m1/s1. The molecule has 0 unspecified atom stereocenters. The fraction of sp³-hybridized carbons (Fsp3) is 0.593. The number of aryl methyl sites for hydroxylation is 1. The van der Waals surface area contributed by atoms with Gasteiger partial charge in [-0.3, -0.25) is 14.5 Å². The minimum absolute atomic E-state index is 0.00449. The molecule has 190 valence electrons. The number of hydrogen-bond donors (Lipinski definition) is 2. The third kappa shape index (κ3) is 7.97. The van der Waals surface area contributed by atoms with Crippen molar-refractivity contribution in [1.29, 1.82) is 0 Å². The maximum Gasteiger partial charge on any atom is 0.331 e. The largest absolute Gasteiger partial charge is 0.478 e. The van der Waals surface area contributed by atoms with Crippen molar-refractivity contribution < 1.29 is 19.5 Å². The van der Waals surface area contributed by atoms with Crippen LogP contribution in [-0.2, 0) is 20.8 Å². The minimum atomic E-state index is -1.02. The lowest BCUT2D eigenvalue weighted by Gasteiger charge is -2.38. The summed E-state index contributed by atoms with van der Waals surface area (Å²) in [5.74, 6) is -1.48. The molecule has 0 bridgehead atoms. The summed E-state index contributed by atoms with van der Waals surface area (Å²) in [7, 11) is 5.38. The number of hydrogen-bond acceptors (Lipinski definition) is 4. The fourth-order valence-corrected chi connectivity index (χ4v) is 3.87. The Labute approximate surface area is 205 Å². The number of likely N-dealkylation sites (N-methyl/N-ethyl adjacent to an activating group) is 2. The van der Waals surface area contributed by atoms with Gasteiger partial charge in [-0.05, 0) is 56.8 Å². The number of amides is 2. The lowest BCUT2D eigenvalue weighted by atomic mass is 9.84. The molecule has 3 atom stereocenters. The third-order valence-corrected chi connectivity index (χ3v) is 6.24. The van der Waals surface area contributed by atoms with Crippen LogP contribution in [0.25, 0.3) is 0 Å². The Morgan fingerprint density at radius 3 is 2.09 bits per heavy atom. The Morgan fingerprint density at radius 2 is 1.65 bits per heavy atom. The van der Waals surface area contributed by atoms with Gasteiger partial charge < -0.3 is 15.3 Å². The number of carboxylic acid groups (broad SMARTS) is 1. The van der Waals surface area contributed by atoms with Crippen LogP contribution in [0.2, 0.25) is 0 Å². The van der Waals surface area contributed by atoms with E-state index in [1.807, 2.05) is 84.8 Å². The molecule has 0 fully saturated rings. The zero-order valence-electron chi connectivity index (χ0n) is 22.5. The van der Waals surface area contributed by atoms with E-state index in [1.54, 1.807) is 18.0 Å². The molecule has 1 aromatic carbocycles. The van der Waals surface area contributed by atoms with Crippen molar-refractivity contribution >= 4 is 17.8 Å². The highest BCUT2D eigenvalue weighted by atomic mass is 16.4. The van der Waals surface area contributed by atoms with Gasteiger partial charge in [0, 0.05) is 12.6 Å². The molecule has 0 spiro atoms. The summed E-state index contributed by atoms with van der Waals surface area (Å²) in [6.45, 7) is 13.2. The molecule has 0 aliphatic carbocycles. The monoisotopic (exact) mass is 473 g/mol. The van der Waals surface area contributed by atoms with E-state index in [0.717, 1.165) is 11.1 Å². The zero-order chi connectivity index (χ0) is 26.4. The van der Waals surface area contributed by atoms with Crippen LogP contribution >= 0.6 is 0 Å². The highest BCUT2D eigenvalue weighted by molar-refractivity contribution is 5.91. The Balaban J connectivity index is 3.24. The van der Waals surface area contributed by atoms with Crippen molar-refractivity contribution in [3.05, 3.63) is 47.0 Å². The molecule has 1 rings (SSSR count). The van der Waals surface area contributed by atoms with Crippen LogP contribution in [0, 0.1) is 18.3 Å². The van der Waals surface area contributed by atoms with Gasteiger partial charge in [-0.2, -0.15) is 0 Å². The number of carbonyl (C=O) groups excluding carboxylic acids is 2. The molecule has 2 N–H and O–H groups in total. The molecule has 0 saturated carbocycles. The van der Waals surface area contributed by atoms with Crippen LogP contribution in [0.15, 0.2) is 35.9 Å². The van der Waals surface area contributed by atoms with Crippen LogP contribution in [0.4, 0.5) is 0 Å². The Kier molecular flexibility index (Phi) is 10.5. The Morgan fingerprint density at radius 1 is 1.09 bits per heavy atom. The van der Waals surface area contributed by atoms with Gasteiger partial charge >= 0.3 is 5.97 Å². The molecule has 0 heterocycles. The summed E-state index contributed by atoms with van der Waals surface area (Å²) in [4.78, 5) is 41.9. The maximum atomic E-state index is 13.6. The second-order valence-corrected chi connectivity index (χ2v) is 10.8. The van der Waals surface area contributed by atoms with Crippen LogP contribution in [0.1, 0.15) is 52.7 Å². The lowest BCUT2D eigenvalue weighted by molar-refractivity contribution is -0.141. The second kappa shape index (κ2) is 12.2. The third-order valence-electron chi connectivity index (χ3n) is 6.24. The number of carboxylic acids is 1. The Bertz CT molecular complexity index is 899. The number of aliphatic carboxylic acids is 1. The highest BCUT2D eigenvalue weighted by Gasteiger charge is 2.38. The van der Waals surface area contributed by atoms with Gasteiger partial charge in [0.2, 0.25) is 11.8 Å². The number of nitrogens with one attached hydrogen (secondary N) is 1. The fourth-order valence-electron chi connectivity index (χ4n) is 3.87. The first kappa shape index (κ1) is 29.4. The number of benzene rings is 1. The van der Waals surface area contributed by atoms with Gasteiger partial charge in [0.15, 0.2) is 0 Å². The first-order chi connectivity index (χ1) is 15.6. The smallest absolute Gasteiger partial charge is 0.331 e. The van der Waals surface area contributed by atoms with E-state index in [1.165, 1.54) is 6.92 Å². The molecule has 0 aliphatic rings. The van der Waals surface area contributed by atoms with E-state index < -0.39 is 29.5 Å². The average molecular weight is 474 g/mol. The molecule has 0 aromatic heterocycles. The van der Waals surface area contributed by atoms with E-state index in [4.69, 9.17) is 0 Å². The summed E-state index contributed by atoms with van der Waals surface area (Å²) in [6, 6.07) is 6.34. The highest BCUT2D eigenvalue weighted by Crippen LogP contribution is 2.24.